The van der Waals surface area contributed by atoms with Gasteiger partial charge in [-0.15, -0.1) is 11.3 Å². The van der Waals surface area contributed by atoms with Crippen molar-refractivity contribution >= 4 is 16.5 Å². The van der Waals surface area contributed by atoms with Crippen molar-refractivity contribution in [2.75, 3.05) is 18.0 Å². The van der Waals surface area contributed by atoms with Crippen molar-refractivity contribution in [1.82, 2.24) is 19.5 Å². The van der Waals surface area contributed by atoms with E-state index in [1.54, 1.807) is 29.4 Å². The molecule has 4 heterocycles. The molecule has 0 saturated carbocycles. The number of piperidine rings is 1. The Hall–Kier alpha value is -2.54. The van der Waals surface area contributed by atoms with Gasteiger partial charge in [-0.3, -0.25) is 14.3 Å². The second-order valence-electron chi connectivity index (χ2n) is 8.01. The third kappa shape index (κ3) is 3.96. The first-order chi connectivity index (χ1) is 14.3. The molecule has 150 valence electrons. The van der Waals surface area contributed by atoms with Crippen LogP contribution in [0.4, 0.5) is 5.13 Å². The van der Waals surface area contributed by atoms with Crippen LogP contribution in [0.1, 0.15) is 36.3 Å². The SMILES string of the molecule is O=c1cc(-c2cccnc2)ncn1CC1CCN(c2nc3c(s2)CCCC3)CC1. The van der Waals surface area contributed by atoms with Gasteiger partial charge in [-0.1, -0.05) is 0 Å². The van der Waals surface area contributed by atoms with Crippen LogP contribution in [0.25, 0.3) is 11.3 Å². The number of aryl methyl sites for hydroxylation is 2. The van der Waals surface area contributed by atoms with E-state index in [2.05, 4.69) is 14.9 Å². The van der Waals surface area contributed by atoms with Gasteiger partial charge in [0.2, 0.25) is 0 Å². The van der Waals surface area contributed by atoms with E-state index in [1.807, 2.05) is 23.5 Å². The van der Waals surface area contributed by atoms with Crippen LogP contribution in [0.3, 0.4) is 0 Å². The molecule has 1 aliphatic carbocycles. The Bertz CT molecular complexity index is 1010. The summed E-state index contributed by atoms with van der Waals surface area (Å²) in [5.74, 6) is 0.504. The second kappa shape index (κ2) is 8.06. The molecule has 0 spiro atoms. The van der Waals surface area contributed by atoms with Crippen molar-refractivity contribution < 1.29 is 0 Å². The summed E-state index contributed by atoms with van der Waals surface area (Å²) in [4.78, 5) is 30.0. The van der Waals surface area contributed by atoms with Crippen molar-refractivity contribution in [2.45, 2.75) is 45.1 Å². The van der Waals surface area contributed by atoms with Crippen LogP contribution in [0.2, 0.25) is 0 Å². The molecule has 3 aromatic heterocycles. The first-order valence-electron chi connectivity index (χ1n) is 10.5. The van der Waals surface area contributed by atoms with E-state index in [-0.39, 0.29) is 5.56 Å². The van der Waals surface area contributed by atoms with Crippen molar-refractivity contribution in [3.05, 3.63) is 57.8 Å². The van der Waals surface area contributed by atoms with Crippen LogP contribution >= 0.6 is 11.3 Å². The van der Waals surface area contributed by atoms with Gasteiger partial charge in [0.1, 0.15) is 0 Å². The number of nitrogens with zero attached hydrogens (tertiary/aromatic N) is 5. The number of anilines is 1. The van der Waals surface area contributed by atoms with E-state index in [4.69, 9.17) is 4.98 Å². The molecule has 5 rings (SSSR count). The van der Waals surface area contributed by atoms with Crippen LogP contribution < -0.4 is 10.5 Å². The van der Waals surface area contributed by atoms with Gasteiger partial charge in [0.15, 0.2) is 5.13 Å². The fraction of sp³-hybridized carbons (Fsp3) is 0.455. The molecule has 1 fully saturated rings. The Balaban J connectivity index is 1.22. The van der Waals surface area contributed by atoms with Crippen molar-refractivity contribution in [2.24, 2.45) is 5.92 Å². The van der Waals surface area contributed by atoms with Crippen LogP contribution in [0.5, 0.6) is 0 Å². The summed E-state index contributed by atoms with van der Waals surface area (Å²) in [5.41, 5.74) is 2.90. The van der Waals surface area contributed by atoms with Gasteiger partial charge >= 0.3 is 0 Å². The summed E-state index contributed by atoms with van der Waals surface area (Å²) in [6.07, 6.45) is 12.2. The first-order valence-corrected chi connectivity index (χ1v) is 11.3. The molecule has 1 aliphatic heterocycles. The molecular weight excluding hydrogens is 382 g/mol. The summed E-state index contributed by atoms with van der Waals surface area (Å²) < 4.78 is 1.75. The lowest BCUT2D eigenvalue weighted by atomic mass is 9.97. The van der Waals surface area contributed by atoms with Crippen LogP contribution in [-0.4, -0.2) is 32.6 Å². The van der Waals surface area contributed by atoms with E-state index in [9.17, 15) is 4.79 Å². The fourth-order valence-electron chi connectivity index (χ4n) is 4.29. The van der Waals surface area contributed by atoms with Gasteiger partial charge in [-0.25, -0.2) is 9.97 Å². The topological polar surface area (TPSA) is 63.9 Å². The van der Waals surface area contributed by atoms with E-state index < -0.39 is 0 Å². The number of aromatic nitrogens is 4. The zero-order valence-corrected chi connectivity index (χ0v) is 17.3. The molecule has 29 heavy (non-hydrogen) atoms. The monoisotopic (exact) mass is 407 g/mol. The molecule has 0 bridgehead atoms. The van der Waals surface area contributed by atoms with Gasteiger partial charge in [0.05, 0.1) is 17.7 Å². The summed E-state index contributed by atoms with van der Waals surface area (Å²) in [7, 11) is 0. The minimum absolute atomic E-state index is 0.00822. The lowest BCUT2D eigenvalue weighted by Crippen LogP contribution is -2.36. The minimum Gasteiger partial charge on any atom is -0.348 e. The zero-order valence-electron chi connectivity index (χ0n) is 16.5. The largest absolute Gasteiger partial charge is 0.348 e. The predicted octanol–water partition coefficient (Wildman–Crippen LogP) is 3.56. The van der Waals surface area contributed by atoms with Crippen LogP contribution in [0.15, 0.2) is 41.7 Å². The van der Waals surface area contributed by atoms with E-state index in [0.29, 0.717) is 11.6 Å². The second-order valence-corrected chi connectivity index (χ2v) is 9.07. The first kappa shape index (κ1) is 18.5. The molecule has 7 heteroatoms. The molecule has 3 aromatic rings. The zero-order chi connectivity index (χ0) is 19.6. The summed E-state index contributed by atoms with van der Waals surface area (Å²) >= 11 is 1.89. The minimum atomic E-state index is 0.00822. The number of hydrogen-bond donors (Lipinski definition) is 0. The van der Waals surface area contributed by atoms with Crippen molar-refractivity contribution in [3.63, 3.8) is 0 Å². The van der Waals surface area contributed by atoms with Gasteiger partial charge in [-0.2, -0.15) is 0 Å². The standard InChI is InChI=1S/C22H25N5OS/c28-21-12-19(17-4-3-9-23-13-17)24-15-27(21)14-16-7-10-26(11-8-16)22-25-18-5-1-2-6-20(18)29-22/h3-4,9,12-13,15-16H,1-2,5-8,10-11,14H2. The lowest BCUT2D eigenvalue weighted by molar-refractivity contribution is 0.351. The predicted molar refractivity (Wildman–Crippen MR) is 115 cm³/mol. The van der Waals surface area contributed by atoms with Gasteiger partial charge in [0.25, 0.3) is 5.56 Å². The third-order valence-corrected chi connectivity index (χ3v) is 7.23. The third-order valence-electron chi connectivity index (χ3n) is 6.01. The van der Waals surface area contributed by atoms with Gasteiger partial charge in [0, 0.05) is 48.5 Å². The highest BCUT2D eigenvalue weighted by Crippen LogP contribution is 2.33. The highest BCUT2D eigenvalue weighted by atomic mass is 32.1. The Morgan fingerprint density at radius 1 is 1.17 bits per heavy atom. The number of thiazole rings is 1. The molecule has 2 aliphatic rings. The molecular formula is C22H25N5OS. The average Bonchev–Trinajstić information content (AvgIpc) is 3.20. The maximum Gasteiger partial charge on any atom is 0.253 e. The number of hydrogen-bond acceptors (Lipinski definition) is 6. The quantitative estimate of drug-likeness (QED) is 0.662. The lowest BCUT2D eigenvalue weighted by Gasteiger charge is -2.32. The van der Waals surface area contributed by atoms with Gasteiger partial charge < -0.3 is 4.90 Å². The highest BCUT2D eigenvalue weighted by molar-refractivity contribution is 7.15. The Labute approximate surface area is 174 Å². The van der Waals surface area contributed by atoms with Gasteiger partial charge in [-0.05, 0) is 56.6 Å². The maximum absolute atomic E-state index is 12.6. The molecule has 0 atom stereocenters. The van der Waals surface area contributed by atoms with Crippen LogP contribution in [0, 0.1) is 5.92 Å². The van der Waals surface area contributed by atoms with E-state index in [0.717, 1.165) is 44.5 Å². The smallest absolute Gasteiger partial charge is 0.253 e. The summed E-state index contributed by atoms with van der Waals surface area (Å²) in [5, 5.41) is 1.20. The Kier molecular flexibility index (Phi) is 5.14. The molecule has 0 amide bonds. The molecule has 6 nitrogen and oxygen atoms in total. The average molecular weight is 408 g/mol. The fourth-order valence-corrected chi connectivity index (χ4v) is 5.49. The number of fused-ring (bicyclic) bond motifs is 1. The normalized spacial score (nSPS) is 17.3. The van der Waals surface area contributed by atoms with E-state index in [1.165, 1.54) is 35.0 Å². The Morgan fingerprint density at radius 3 is 2.79 bits per heavy atom. The molecule has 0 N–H and O–H groups in total. The molecule has 0 radical (unpaired) electrons. The van der Waals surface area contributed by atoms with Crippen LogP contribution in [-0.2, 0) is 19.4 Å². The maximum atomic E-state index is 12.6. The highest BCUT2D eigenvalue weighted by Gasteiger charge is 2.24. The molecule has 0 unspecified atom stereocenters. The van der Waals surface area contributed by atoms with E-state index >= 15 is 0 Å². The summed E-state index contributed by atoms with van der Waals surface area (Å²) in [6.45, 7) is 2.78. The van der Waals surface area contributed by atoms with Crippen molar-refractivity contribution in [3.8, 4) is 11.3 Å². The van der Waals surface area contributed by atoms with Crippen molar-refractivity contribution in [1.29, 1.82) is 0 Å². The molecule has 0 aromatic carbocycles. The molecule has 1 saturated heterocycles. The number of pyridine rings is 1. The number of rotatable bonds is 4. The Morgan fingerprint density at radius 2 is 2.03 bits per heavy atom. The summed E-state index contributed by atoms with van der Waals surface area (Å²) in [6, 6.07) is 5.40.